The van der Waals surface area contributed by atoms with Gasteiger partial charge in [0.1, 0.15) is 24.7 Å². The maximum Gasteiger partial charge on any atom is 0.339 e. The Hall–Kier alpha value is -3.56. The van der Waals surface area contributed by atoms with E-state index >= 15 is 0 Å². The van der Waals surface area contributed by atoms with Gasteiger partial charge < -0.3 is 9.84 Å². The van der Waals surface area contributed by atoms with E-state index in [9.17, 15) is 22.8 Å². The number of carbonyl (C=O) groups excluding carboxylic acids is 3. The van der Waals surface area contributed by atoms with Gasteiger partial charge in [-0.05, 0) is 17.4 Å². The molecule has 0 unspecified atom stereocenters. The Kier molecular flexibility index (Phi) is 4.72. The number of imide groups is 1. The second-order valence-electron chi connectivity index (χ2n) is 5.41. The molecule has 2 aromatic rings. The molecule has 15 nitrogen and oxygen atoms in total. The third-order valence-electron chi connectivity index (χ3n) is 3.30. The first-order chi connectivity index (χ1) is 12.7. The molecule has 0 aliphatic carbocycles. The molecule has 1 aliphatic rings. The van der Waals surface area contributed by atoms with Crippen LogP contribution in [0.15, 0.2) is 16.9 Å². The molecule has 3 rings (SSSR count). The van der Waals surface area contributed by atoms with Gasteiger partial charge in [-0.25, -0.2) is 18.9 Å². The number of tetrazole rings is 1. The van der Waals surface area contributed by atoms with E-state index in [2.05, 4.69) is 26.0 Å². The summed E-state index contributed by atoms with van der Waals surface area (Å²) in [6.45, 7) is 1.15. The molecule has 2 aromatic heterocycles. The van der Waals surface area contributed by atoms with E-state index in [1.54, 1.807) is 11.6 Å². The number of nitrogens with zero attached hydrogens (tertiary/aromatic N) is 6. The third kappa shape index (κ3) is 4.35. The molecular weight excluding hydrogens is 386 g/mol. The zero-order valence-corrected chi connectivity index (χ0v) is 14.5. The molecule has 144 valence electrons. The number of carbonyl (C=O) groups is 3. The molecule has 3 N–H and O–H groups in total. The van der Waals surface area contributed by atoms with Gasteiger partial charge in [-0.15, -0.1) is 5.10 Å². The number of amides is 4. The number of aromatic nitrogens is 5. The number of hydrogen-bond donors (Lipinski definition) is 3. The fourth-order valence-electron chi connectivity index (χ4n) is 2.10. The van der Waals surface area contributed by atoms with Gasteiger partial charge in [0.15, 0.2) is 5.82 Å². The highest BCUT2D eigenvalue weighted by molar-refractivity contribution is 7.91. The summed E-state index contributed by atoms with van der Waals surface area (Å²) in [6.07, 6.45) is 1.22. The number of nitrogens with one attached hydrogen (secondary N) is 3. The lowest BCUT2D eigenvalue weighted by atomic mass is 10.1. The van der Waals surface area contributed by atoms with Crippen molar-refractivity contribution in [3.63, 3.8) is 0 Å². The minimum atomic E-state index is -4.32. The van der Waals surface area contributed by atoms with Crippen LogP contribution >= 0.6 is 0 Å². The first kappa shape index (κ1) is 18.2. The van der Waals surface area contributed by atoms with Gasteiger partial charge in [0.2, 0.25) is 5.91 Å². The summed E-state index contributed by atoms with van der Waals surface area (Å²) in [6, 6.07) is -0.818. The Morgan fingerprint density at radius 1 is 1.41 bits per heavy atom. The van der Waals surface area contributed by atoms with E-state index in [0.29, 0.717) is 10.7 Å². The Bertz CT molecular complexity index is 968. The first-order valence-electron chi connectivity index (χ1n) is 7.33. The Morgan fingerprint density at radius 2 is 2.19 bits per heavy atom. The fraction of sp³-hybridized carbons (Fsp3) is 0.364. The standard InChI is InChI=1S/C11H13N9O6S/c1-6-2-8(14-26-6)15-27(24,25)16-11(23)20-3-7(10(20)22)13-9(21)4-19-5-12-17-18-19/h2,5,7H,3-4H2,1H3,(H,13,21)(H,14,15)(H,16,23)/t7-/m0/s1. The molecule has 3 heterocycles. The molecule has 16 heteroatoms. The second-order valence-corrected chi connectivity index (χ2v) is 6.83. The number of urea groups is 1. The fourth-order valence-corrected chi connectivity index (χ4v) is 2.87. The average molecular weight is 399 g/mol. The normalized spacial score (nSPS) is 16.6. The molecule has 0 aromatic carbocycles. The summed E-state index contributed by atoms with van der Waals surface area (Å²) >= 11 is 0. The van der Waals surface area contributed by atoms with Crippen LogP contribution in [0.25, 0.3) is 0 Å². The zero-order valence-electron chi connectivity index (χ0n) is 13.7. The van der Waals surface area contributed by atoms with Gasteiger partial charge >= 0.3 is 16.2 Å². The van der Waals surface area contributed by atoms with Crippen molar-refractivity contribution in [2.45, 2.75) is 19.5 Å². The van der Waals surface area contributed by atoms with E-state index in [1.165, 1.54) is 12.4 Å². The smallest absolute Gasteiger partial charge is 0.339 e. The maximum absolute atomic E-state index is 11.9. The Labute approximate surface area is 151 Å². The molecule has 4 amide bonds. The highest BCUT2D eigenvalue weighted by atomic mass is 32.2. The number of anilines is 1. The summed E-state index contributed by atoms with van der Waals surface area (Å²) in [7, 11) is -4.32. The largest absolute Gasteiger partial charge is 0.360 e. The zero-order chi connectivity index (χ0) is 19.6. The van der Waals surface area contributed by atoms with Crippen LogP contribution in [0.5, 0.6) is 0 Å². The minimum Gasteiger partial charge on any atom is -0.360 e. The van der Waals surface area contributed by atoms with Crippen molar-refractivity contribution in [3.05, 3.63) is 18.2 Å². The van der Waals surface area contributed by atoms with E-state index in [1.807, 2.05) is 4.72 Å². The summed E-state index contributed by atoms with van der Waals surface area (Å²) in [4.78, 5) is 36.3. The van der Waals surface area contributed by atoms with E-state index in [4.69, 9.17) is 4.52 Å². The van der Waals surface area contributed by atoms with E-state index in [-0.39, 0.29) is 18.9 Å². The highest BCUT2D eigenvalue weighted by Crippen LogP contribution is 2.12. The van der Waals surface area contributed by atoms with Crippen LogP contribution in [0, 0.1) is 6.92 Å². The molecule has 1 atom stereocenters. The third-order valence-corrected chi connectivity index (χ3v) is 4.22. The molecule has 1 saturated heterocycles. The highest BCUT2D eigenvalue weighted by Gasteiger charge is 2.42. The molecular formula is C11H13N9O6S. The van der Waals surface area contributed by atoms with Crippen LogP contribution in [-0.2, 0) is 26.3 Å². The number of aryl methyl sites for hydroxylation is 1. The number of likely N-dealkylation sites (tertiary alicyclic amines) is 1. The average Bonchev–Trinajstić information content (AvgIpc) is 3.21. The molecule has 0 bridgehead atoms. The number of rotatable bonds is 6. The van der Waals surface area contributed by atoms with Gasteiger partial charge in [0.05, 0.1) is 6.54 Å². The van der Waals surface area contributed by atoms with Crippen LogP contribution in [-0.4, -0.2) is 69.1 Å². The second kappa shape index (κ2) is 6.98. The molecule has 0 radical (unpaired) electrons. The van der Waals surface area contributed by atoms with E-state index in [0.717, 1.165) is 4.68 Å². The summed E-state index contributed by atoms with van der Waals surface area (Å²) in [5.41, 5.74) is 0. The maximum atomic E-state index is 11.9. The Morgan fingerprint density at radius 3 is 2.78 bits per heavy atom. The van der Waals surface area contributed by atoms with Crippen LogP contribution in [0.2, 0.25) is 0 Å². The lowest BCUT2D eigenvalue weighted by Crippen LogP contribution is -2.67. The summed E-state index contributed by atoms with van der Waals surface area (Å²) in [5, 5.41) is 16.0. The predicted molar refractivity (Wildman–Crippen MR) is 83.8 cm³/mol. The topological polar surface area (TPSA) is 194 Å². The lowest BCUT2D eigenvalue weighted by molar-refractivity contribution is -0.142. The molecule has 1 fully saturated rings. The van der Waals surface area contributed by atoms with Gasteiger partial charge in [-0.3, -0.25) is 14.5 Å². The van der Waals surface area contributed by atoms with Gasteiger partial charge in [0.25, 0.3) is 5.91 Å². The van der Waals surface area contributed by atoms with Crippen molar-refractivity contribution in [1.82, 2.24) is 40.3 Å². The first-order valence-corrected chi connectivity index (χ1v) is 8.81. The lowest BCUT2D eigenvalue weighted by Gasteiger charge is -2.36. The molecule has 0 saturated carbocycles. The van der Waals surface area contributed by atoms with Crippen molar-refractivity contribution in [3.8, 4) is 0 Å². The van der Waals surface area contributed by atoms with Crippen LogP contribution in [0.1, 0.15) is 5.76 Å². The molecule has 1 aliphatic heterocycles. The van der Waals surface area contributed by atoms with Gasteiger partial charge in [0, 0.05) is 6.07 Å². The molecule has 0 spiro atoms. The van der Waals surface area contributed by atoms with Crippen LogP contribution in [0.3, 0.4) is 0 Å². The minimum absolute atomic E-state index is 0.129. The van der Waals surface area contributed by atoms with Gasteiger partial charge in [-0.2, -0.15) is 8.42 Å². The van der Waals surface area contributed by atoms with Crippen LogP contribution < -0.4 is 14.8 Å². The molecule has 27 heavy (non-hydrogen) atoms. The monoisotopic (exact) mass is 399 g/mol. The van der Waals surface area contributed by atoms with E-state index < -0.39 is 34.1 Å². The Balaban J connectivity index is 1.49. The van der Waals surface area contributed by atoms with Crippen molar-refractivity contribution in [1.29, 1.82) is 0 Å². The van der Waals surface area contributed by atoms with Crippen molar-refractivity contribution >= 4 is 33.9 Å². The van der Waals surface area contributed by atoms with Crippen molar-refractivity contribution in [2.75, 3.05) is 11.3 Å². The summed E-state index contributed by atoms with van der Waals surface area (Å²) in [5.74, 6) is -1.07. The predicted octanol–water partition coefficient (Wildman–Crippen LogP) is -2.64. The van der Waals surface area contributed by atoms with Crippen LogP contribution in [0.4, 0.5) is 10.6 Å². The summed E-state index contributed by atoms with van der Waals surface area (Å²) < 4.78 is 33.2. The SMILES string of the molecule is Cc1cc(NS(=O)(=O)NC(=O)N2C[C@H](NC(=O)Cn3cnnn3)C2=O)no1. The number of hydrogen-bond acceptors (Lipinski definition) is 10. The van der Waals surface area contributed by atoms with Crippen molar-refractivity contribution in [2.24, 2.45) is 0 Å². The quantitative estimate of drug-likeness (QED) is 0.432. The van der Waals surface area contributed by atoms with Gasteiger partial charge in [-0.1, -0.05) is 5.16 Å². The van der Waals surface area contributed by atoms with Crippen molar-refractivity contribution < 1.29 is 27.3 Å². The number of β-lactam (4-membered cyclic amide) rings is 1.